The molecule has 0 spiro atoms. The number of carbonyl (C=O) groups excluding carboxylic acids is 1. The van der Waals surface area contributed by atoms with Crippen LogP contribution in [-0.2, 0) is 6.42 Å². The smallest absolute Gasteiger partial charge is 0.255 e. The van der Waals surface area contributed by atoms with Crippen LogP contribution >= 0.6 is 0 Å². The van der Waals surface area contributed by atoms with Crippen LogP contribution in [0.2, 0.25) is 0 Å². The summed E-state index contributed by atoms with van der Waals surface area (Å²) in [6, 6.07) is 12.0. The Labute approximate surface area is 154 Å². The van der Waals surface area contributed by atoms with Crippen molar-refractivity contribution in [3.8, 4) is 0 Å². The summed E-state index contributed by atoms with van der Waals surface area (Å²) >= 11 is 0. The number of unbranched alkanes of at least 4 members (excludes halogenated alkanes) is 1. The number of aromatic amines is 1. The van der Waals surface area contributed by atoms with E-state index >= 15 is 0 Å². The van der Waals surface area contributed by atoms with Crippen LogP contribution in [0.3, 0.4) is 0 Å². The maximum atomic E-state index is 12.3. The number of hydrogen-bond acceptors (Lipinski definition) is 3. The lowest BCUT2D eigenvalue weighted by Crippen LogP contribution is -2.27. The number of amides is 1. The molecular formula is C21H26N4O. The molecule has 0 bridgehead atoms. The first-order valence-electron chi connectivity index (χ1n) is 9.19. The van der Waals surface area contributed by atoms with Gasteiger partial charge in [0.15, 0.2) is 0 Å². The highest BCUT2D eigenvalue weighted by molar-refractivity contribution is 5.93. The predicted octanol–water partition coefficient (Wildman–Crippen LogP) is 4.09. The number of para-hydroxylation sites is 1. The fourth-order valence-corrected chi connectivity index (χ4v) is 3.01. The molecule has 0 radical (unpaired) electrons. The van der Waals surface area contributed by atoms with Crippen molar-refractivity contribution >= 4 is 22.6 Å². The second-order valence-corrected chi connectivity index (χ2v) is 6.55. The largest absolute Gasteiger partial charge is 0.370 e. The molecule has 2 N–H and O–H groups in total. The van der Waals surface area contributed by atoms with E-state index in [0.29, 0.717) is 5.56 Å². The average molecular weight is 350 g/mol. The van der Waals surface area contributed by atoms with Gasteiger partial charge >= 0.3 is 0 Å². The van der Waals surface area contributed by atoms with Crippen LogP contribution in [0, 0.1) is 0 Å². The number of hydrogen-bond donors (Lipinski definition) is 2. The highest BCUT2D eigenvalue weighted by Gasteiger charge is 2.11. The molecule has 3 aromatic rings. The maximum absolute atomic E-state index is 12.3. The SMILES string of the molecule is CCCCN(C)C(=O)c1ccc(NCCc2c[nH]c3ccccc23)nc1. The number of aromatic nitrogens is 2. The van der Waals surface area contributed by atoms with E-state index in [2.05, 4.69) is 46.6 Å². The van der Waals surface area contributed by atoms with Crippen molar-refractivity contribution in [3.63, 3.8) is 0 Å². The van der Waals surface area contributed by atoms with Crippen LogP contribution in [0.5, 0.6) is 0 Å². The number of rotatable bonds is 8. The van der Waals surface area contributed by atoms with Gasteiger partial charge in [-0.1, -0.05) is 31.5 Å². The van der Waals surface area contributed by atoms with Gasteiger partial charge in [-0.3, -0.25) is 4.79 Å². The zero-order chi connectivity index (χ0) is 18.4. The third-order valence-corrected chi connectivity index (χ3v) is 4.58. The molecule has 26 heavy (non-hydrogen) atoms. The van der Waals surface area contributed by atoms with Gasteiger partial charge in [-0.15, -0.1) is 0 Å². The summed E-state index contributed by atoms with van der Waals surface area (Å²) in [6.07, 6.45) is 6.72. The summed E-state index contributed by atoms with van der Waals surface area (Å²) in [4.78, 5) is 21.7. The van der Waals surface area contributed by atoms with Gasteiger partial charge in [0.05, 0.1) is 5.56 Å². The Morgan fingerprint density at radius 2 is 2.08 bits per heavy atom. The molecule has 2 aromatic heterocycles. The number of anilines is 1. The summed E-state index contributed by atoms with van der Waals surface area (Å²) in [5.41, 5.74) is 3.08. The second-order valence-electron chi connectivity index (χ2n) is 6.55. The standard InChI is InChI=1S/C21H26N4O/c1-3-4-13-25(2)21(26)17-9-10-20(24-15-17)22-12-11-16-14-23-19-8-6-5-7-18(16)19/h5-10,14-15,23H,3-4,11-13H2,1-2H3,(H,22,24). The van der Waals surface area contributed by atoms with Crippen molar-refractivity contribution in [1.29, 1.82) is 0 Å². The molecule has 1 aromatic carbocycles. The minimum Gasteiger partial charge on any atom is -0.370 e. The lowest BCUT2D eigenvalue weighted by molar-refractivity contribution is 0.0793. The van der Waals surface area contributed by atoms with Gasteiger partial charge in [-0.2, -0.15) is 0 Å². The Kier molecular flexibility index (Phi) is 5.89. The molecule has 0 atom stereocenters. The summed E-state index contributed by atoms with van der Waals surface area (Å²) in [6.45, 7) is 3.69. The van der Waals surface area contributed by atoms with Gasteiger partial charge in [0.25, 0.3) is 5.91 Å². The maximum Gasteiger partial charge on any atom is 0.255 e. The Morgan fingerprint density at radius 1 is 1.23 bits per heavy atom. The van der Waals surface area contributed by atoms with Crippen LogP contribution in [0.25, 0.3) is 10.9 Å². The van der Waals surface area contributed by atoms with Crippen LogP contribution < -0.4 is 5.32 Å². The third kappa shape index (κ3) is 4.23. The van der Waals surface area contributed by atoms with Crippen LogP contribution in [-0.4, -0.2) is 40.9 Å². The van der Waals surface area contributed by atoms with Gasteiger partial charge < -0.3 is 15.2 Å². The normalized spacial score (nSPS) is 10.8. The van der Waals surface area contributed by atoms with Gasteiger partial charge in [-0.05, 0) is 36.6 Å². The molecule has 5 heteroatoms. The van der Waals surface area contributed by atoms with E-state index in [1.807, 2.05) is 25.2 Å². The molecule has 5 nitrogen and oxygen atoms in total. The Hall–Kier alpha value is -2.82. The number of nitrogens with zero attached hydrogens (tertiary/aromatic N) is 2. The van der Waals surface area contributed by atoms with E-state index in [1.165, 1.54) is 10.9 Å². The molecule has 0 aliphatic rings. The topological polar surface area (TPSA) is 61.0 Å². The molecule has 2 heterocycles. The molecule has 0 unspecified atom stereocenters. The van der Waals surface area contributed by atoms with Crippen molar-refractivity contribution in [1.82, 2.24) is 14.9 Å². The quantitative estimate of drug-likeness (QED) is 0.643. The van der Waals surface area contributed by atoms with Crippen LogP contribution in [0.1, 0.15) is 35.7 Å². The summed E-state index contributed by atoms with van der Waals surface area (Å²) in [5.74, 6) is 0.814. The molecule has 0 saturated carbocycles. The lowest BCUT2D eigenvalue weighted by atomic mass is 10.1. The van der Waals surface area contributed by atoms with E-state index < -0.39 is 0 Å². The highest BCUT2D eigenvalue weighted by atomic mass is 16.2. The third-order valence-electron chi connectivity index (χ3n) is 4.58. The van der Waals surface area contributed by atoms with E-state index in [4.69, 9.17) is 0 Å². The number of fused-ring (bicyclic) bond motifs is 1. The second kappa shape index (κ2) is 8.52. The van der Waals surface area contributed by atoms with Crippen molar-refractivity contribution < 1.29 is 4.79 Å². The molecule has 0 aliphatic heterocycles. The lowest BCUT2D eigenvalue weighted by Gasteiger charge is -2.16. The van der Waals surface area contributed by atoms with Crippen molar-refractivity contribution in [3.05, 3.63) is 59.9 Å². The van der Waals surface area contributed by atoms with E-state index in [-0.39, 0.29) is 5.91 Å². The minimum absolute atomic E-state index is 0.0243. The average Bonchev–Trinajstić information content (AvgIpc) is 3.09. The van der Waals surface area contributed by atoms with Gasteiger partial charge in [-0.25, -0.2) is 4.98 Å². The predicted molar refractivity (Wildman–Crippen MR) is 107 cm³/mol. The molecule has 136 valence electrons. The zero-order valence-corrected chi connectivity index (χ0v) is 15.5. The van der Waals surface area contributed by atoms with Crippen molar-refractivity contribution in [2.45, 2.75) is 26.2 Å². The number of nitrogens with one attached hydrogen (secondary N) is 2. The summed E-state index contributed by atoms with van der Waals surface area (Å²) in [5, 5.41) is 4.59. The van der Waals surface area contributed by atoms with Crippen molar-refractivity contribution in [2.75, 3.05) is 25.5 Å². The number of H-pyrrole nitrogens is 1. The summed E-state index contributed by atoms with van der Waals surface area (Å²) in [7, 11) is 1.84. The van der Waals surface area contributed by atoms with Crippen LogP contribution in [0.4, 0.5) is 5.82 Å². The molecule has 1 amide bonds. The van der Waals surface area contributed by atoms with Gasteiger partial charge in [0.1, 0.15) is 5.82 Å². The van der Waals surface area contributed by atoms with Crippen molar-refractivity contribution in [2.24, 2.45) is 0 Å². The summed E-state index contributed by atoms with van der Waals surface area (Å²) < 4.78 is 0. The number of benzene rings is 1. The number of carbonyl (C=O) groups is 1. The van der Waals surface area contributed by atoms with E-state index in [0.717, 1.165) is 43.7 Å². The molecule has 0 aliphatic carbocycles. The first-order chi connectivity index (χ1) is 12.7. The zero-order valence-electron chi connectivity index (χ0n) is 15.5. The Balaban J connectivity index is 1.53. The Bertz CT molecular complexity index is 854. The molecule has 0 fully saturated rings. The van der Waals surface area contributed by atoms with Gasteiger partial charge in [0.2, 0.25) is 0 Å². The van der Waals surface area contributed by atoms with Gasteiger partial charge in [0, 0.05) is 43.4 Å². The fourth-order valence-electron chi connectivity index (χ4n) is 3.01. The minimum atomic E-state index is 0.0243. The Morgan fingerprint density at radius 3 is 2.85 bits per heavy atom. The molecule has 0 saturated heterocycles. The molecular weight excluding hydrogens is 324 g/mol. The number of pyridine rings is 1. The molecule has 3 rings (SSSR count). The van der Waals surface area contributed by atoms with E-state index in [1.54, 1.807) is 11.1 Å². The first-order valence-corrected chi connectivity index (χ1v) is 9.19. The van der Waals surface area contributed by atoms with Crippen LogP contribution in [0.15, 0.2) is 48.8 Å². The first kappa shape index (κ1) is 18.0. The monoisotopic (exact) mass is 350 g/mol. The highest BCUT2D eigenvalue weighted by Crippen LogP contribution is 2.18. The fraction of sp³-hybridized carbons (Fsp3) is 0.333. The van der Waals surface area contributed by atoms with E-state index in [9.17, 15) is 4.79 Å².